The Morgan fingerprint density at radius 3 is 2.37 bits per heavy atom. The second-order valence-electron chi connectivity index (χ2n) is 7.78. The minimum atomic E-state index is 0.0100. The monoisotopic (exact) mass is 362 g/mol. The van der Waals surface area contributed by atoms with Gasteiger partial charge >= 0.3 is 0 Å². The molecule has 0 spiro atoms. The fourth-order valence-electron chi connectivity index (χ4n) is 3.95. The minimum Gasteiger partial charge on any atom is -0.328 e. The third-order valence-electron chi connectivity index (χ3n) is 5.84. The molecule has 27 heavy (non-hydrogen) atoms. The van der Waals surface area contributed by atoms with E-state index in [4.69, 9.17) is 0 Å². The minimum absolute atomic E-state index is 0.0100. The topological polar surface area (TPSA) is 40.6 Å². The molecule has 1 atom stereocenters. The first-order valence-electron chi connectivity index (χ1n) is 9.83. The maximum atomic E-state index is 13.0. The van der Waals surface area contributed by atoms with Crippen molar-refractivity contribution in [2.24, 2.45) is 5.92 Å². The van der Waals surface area contributed by atoms with Gasteiger partial charge < -0.3 is 9.80 Å². The van der Waals surface area contributed by atoms with Crippen LogP contribution in [0.2, 0.25) is 0 Å². The summed E-state index contributed by atoms with van der Waals surface area (Å²) in [5.41, 5.74) is 3.29. The van der Waals surface area contributed by atoms with Crippen LogP contribution in [0, 0.1) is 12.8 Å². The zero-order valence-electron chi connectivity index (χ0n) is 15.8. The number of aryl methyl sites for hydroxylation is 1. The zero-order valence-corrected chi connectivity index (χ0v) is 15.8. The van der Waals surface area contributed by atoms with Crippen LogP contribution in [-0.2, 0) is 16.0 Å². The van der Waals surface area contributed by atoms with Crippen LogP contribution in [0.25, 0.3) is 0 Å². The molecule has 2 fully saturated rings. The Morgan fingerprint density at radius 2 is 1.74 bits per heavy atom. The molecule has 140 valence electrons. The van der Waals surface area contributed by atoms with Gasteiger partial charge in [0.25, 0.3) is 0 Å². The number of piperazine rings is 1. The van der Waals surface area contributed by atoms with Gasteiger partial charge in [-0.25, -0.2) is 0 Å². The van der Waals surface area contributed by atoms with E-state index in [-0.39, 0.29) is 30.3 Å². The second kappa shape index (κ2) is 7.55. The summed E-state index contributed by atoms with van der Waals surface area (Å²) >= 11 is 0. The van der Waals surface area contributed by atoms with Gasteiger partial charge in [-0.2, -0.15) is 0 Å². The van der Waals surface area contributed by atoms with E-state index in [1.54, 1.807) is 0 Å². The van der Waals surface area contributed by atoms with Crippen molar-refractivity contribution < 1.29 is 9.59 Å². The second-order valence-corrected chi connectivity index (χ2v) is 7.78. The first kappa shape index (κ1) is 17.8. The normalized spacial score (nSPS) is 20.5. The van der Waals surface area contributed by atoms with Gasteiger partial charge in [0.05, 0.1) is 6.04 Å². The van der Waals surface area contributed by atoms with Gasteiger partial charge in [0.1, 0.15) is 6.54 Å². The number of rotatable bonds is 4. The Balaban J connectivity index is 1.59. The average molecular weight is 362 g/mol. The van der Waals surface area contributed by atoms with Crippen molar-refractivity contribution in [1.82, 2.24) is 4.90 Å². The van der Waals surface area contributed by atoms with Gasteiger partial charge in [-0.1, -0.05) is 54.4 Å². The molecule has 1 saturated heterocycles. The van der Waals surface area contributed by atoms with Crippen LogP contribution in [-0.4, -0.2) is 35.8 Å². The Labute approximate surface area is 160 Å². The van der Waals surface area contributed by atoms with E-state index in [1.165, 1.54) is 11.1 Å². The van der Waals surface area contributed by atoms with E-state index in [0.29, 0.717) is 6.54 Å². The van der Waals surface area contributed by atoms with Crippen molar-refractivity contribution in [3.05, 3.63) is 65.7 Å². The lowest BCUT2D eigenvalue weighted by Gasteiger charge is -2.43. The average Bonchev–Trinajstić information content (AvgIpc) is 2.63. The van der Waals surface area contributed by atoms with E-state index < -0.39 is 0 Å². The van der Waals surface area contributed by atoms with Crippen molar-refractivity contribution in [2.45, 2.75) is 38.6 Å². The number of benzene rings is 2. The number of carbonyl (C=O) groups excluding carboxylic acids is 2. The van der Waals surface area contributed by atoms with Crippen LogP contribution in [0.15, 0.2) is 54.6 Å². The highest BCUT2D eigenvalue weighted by molar-refractivity contribution is 5.98. The van der Waals surface area contributed by atoms with Crippen molar-refractivity contribution in [3.63, 3.8) is 0 Å². The molecule has 2 amide bonds. The van der Waals surface area contributed by atoms with E-state index in [1.807, 2.05) is 59.2 Å². The molecule has 0 bridgehead atoms. The Hall–Kier alpha value is -2.62. The number of anilines is 1. The van der Waals surface area contributed by atoms with Crippen LogP contribution < -0.4 is 4.90 Å². The van der Waals surface area contributed by atoms with Gasteiger partial charge in [-0.05, 0) is 43.9 Å². The van der Waals surface area contributed by atoms with Gasteiger partial charge in [0.2, 0.25) is 11.8 Å². The largest absolute Gasteiger partial charge is 0.328 e. The summed E-state index contributed by atoms with van der Waals surface area (Å²) in [7, 11) is 0. The van der Waals surface area contributed by atoms with E-state index in [2.05, 4.69) is 12.1 Å². The number of carbonyl (C=O) groups is 2. The van der Waals surface area contributed by atoms with E-state index in [9.17, 15) is 9.59 Å². The summed E-state index contributed by atoms with van der Waals surface area (Å²) in [6.45, 7) is 2.77. The van der Waals surface area contributed by atoms with Crippen LogP contribution in [0.5, 0.6) is 0 Å². The predicted molar refractivity (Wildman–Crippen MR) is 107 cm³/mol. The number of amides is 2. The first-order valence-corrected chi connectivity index (χ1v) is 9.83. The zero-order chi connectivity index (χ0) is 18.8. The lowest BCUT2D eigenvalue weighted by molar-refractivity contribution is -0.145. The third-order valence-corrected chi connectivity index (χ3v) is 5.84. The van der Waals surface area contributed by atoms with Crippen LogP contribution in [0.1, 0.15) is 30.4 Å². The van der Waals surface area contributed by atoms with E-state index in [0.717, 1.165) is 31.4 Å². The summed E-state index contributed by atoms with van der Waals surface area (Å²) in [6.07, 6.45) is 3.82. The molecule has 1 heterocycles. The van der Waals surface area contributed by atoms with Gasteiger partial charge in [0, 0.05) is 18.2 Å². The van der Waals surface area contributed by atoms with Crippen LogP contribution in [0.4, 0.5) is 5.69 Å². The SMILES string of the molecule is Cc1ccc(N2C[C@H](Cc3ccccc3)N(C(=O)C3CCC3)CC2=O)cc1. The maximum Gasteiger partial charge on any atom is 0.246 e. The Bertz CT molecular complexity index is 812. The summed E-state index contributed by atoms with van der Waals surface area (Å²) in [5, 5.41) is 0. The van der Waals surface area contributed by atoms with Crippen molar-refractivity contribution >= 4 is 17.5 Å². The molecular formula is C23H26N2O2. The lowest BCUT2D eigenvalue weighted by Crippen LogP contribution is -2.60. The number of hydrogen-bond donors (Lipinski definition) is 0. The molecular weight excluding hydrogens is 336 g/mol. The summed E-state index contributed by atoms with van der Waals surface area (Å²) in [6, 6.07) is 18.3. The summed E-state index contributed by atoms with van der Waals surface area (Å²) in [5.74, 6) is 0.289. The molecule has 0 aromatic heterocycles. The molecule has 1 aliphatic carbocycles. The van der Waals surface area contributed by atoms with Crippen molar-refractivity contribution in [1.29, 1.82) is 0 Å². The number of nitrogens with zero attached hydrogens (tertiary/aromatic N) is 2. The molecule has 0 N–H and O–H groups in total. The molecule has 4 heteroatoms. The van der Waals surface area contributed by atoms with Crippen molar-refractivity contribution in [3.8, 4) is 0 Å². The van der Waals surface area contributed by atoms with Crippen LogP contribution in [0.3, 0.4) is 0 Å². The first-order chi connectivity index (χ1) is 13.1. The molecule has 2 aromatic carbocycles. The van der Waals surface area contributed by atoms with Crippen LogP contribution >= 0.6 is 0 Å². The molecule has 2 aliphatic rings. The fraction of sp³-hybridized carbons (Fsp3) is 0.391. The third kappa shape index (κ3) is 3.75. The molecule has 1 aliphatic heterocycles. The molecule has 0 radical (unpaired) electrons. The Kier molecular flexibility index (Phi) is 4.97. The number of hydrogen-bond acceptors (Lipinski definition) is 2. The molecule has 1 saturated carbocycles. The smallest absolute Gasteiger partial charge is 0.246 e. The van der Waals surface area contributed by atoms with Crippen molar-refractivity contribution in [2.75, 3.05) is 18.0 Å². The lowest BCUT2D eigenvalue weighted by atomic mass is 9.83. The standard InChI is InChI=1S/C23H26N2O2/c1-17-10-12-20(13-11-17)24-15-21(14-18-6-3-2-4-7-18)25(16-22(24)26)23(27)19-8-5-9-19/h2-4,6-7,10-13,19,21H,5,8-9,14-16H2,1H3/t21-/m0/s1. The molecule has 0 unspecified atom stereocenters. The quantitative estimate of drug-likeness (QED) is 0.834. The fourth-order valence-corrected chi connectivity index (χ4v) is 3.95. The Morgan fingerprint density at radius 1 is 1.04 bits per heavy atom. The van der Waals surface area contributed by atoms with Gasteiger partial charge in [0.15, 0.2) is 0 Å². The highest BCUT2D eigenvalue weighted by atomic mass is 16.2. The molecule has 4 nitrogen and oxygen atoms in total. The van der Waals surface area contributed by atoms with Gasteiger partial charge in [-0.3, -0.25) is 9.59 Å². The van der Waals surface area contributed by atoms with Gasteiger partial charge in [-0.15, -0.1) is 0 Å². The van der Waals surface area contributed by atoms with E-state index >= 15 is 0 Å². The molecule has 2 aromatic rings. The molecule has 4 rings (SSSR count). The highest BCUT2D eigenvalue weighted by Gasteiger charge is 2.39. The summed E-state index contributed by atoms with van der Waals surface area (Å²) in [4.78, 5) is 29.5. The highest BCUT2D eigenvalue weighted by Crippen LogP contribution is 2.31. The maximum absolute atomic E-state index is 13.0. The summed E-state index contributed by atoms with van der Waals surface area (Å²) < 4.78 is 0. The predicted octanol–water partition coefficient (Wildman–Crippen LogP) is 3.58.